The molecule has 0 radical (unpaired) electrons. The maximum absolute atomic E-state index is 6.00. The lowest BCUT2D eigenvalue weighted by Gasteiger charge is -2.34. The highest BCUT2D eigenvalue weighted by molar-refractivity contribution is 5.68. The van der Waals surface area contributed by atoms with Crippen LogP contribution in [0.25, 0.3) is 5.52 Å². The van der Waals surface area contributed by atoms with Crippen molar-refractivity contribution in [2.24, 2.45) is 0 Å². The number of nitrogen functional groups attached to an aromatic ring is 1. The van der Waals surface area contributed by atoms with Gasteiger partial charge >= 0.3 is 0 Å². The smallest absolute Gasteiger partial charge is 0.117 e. The highest BCUT2D eigenvalue weighted by Gasteiger charge is 2.25. The SMILES string of the molecule is CC(C)N1CCCC(c2ncc3c(N)cccn23)C1. The molecule has 0 saturated carbocycles. The maximum Gasteiger partial charge on any atom is 0.117 e. The van der Waals surface area contributed by atoms with Crippen molar-refractivity contribution in [2.75, 3.05) is 18.8 Å². The number of pyridine rings is 1. The molecule has 1 fully saturated rings. The van der Waals surface area contributed by atoms with Crippen molar-refractivity contribution in [3.8, 4) is 0 Å². The third-order valence-corrected chi connectivity index (χ3v) is 4.18. The summed E-state index contributed by atoms with van der Waals surface area (Å²) in [7, 11) is 0. The van der Waals surface area contributed by atoms with E-state index in [-0.39, 0.29) is 0 Å². The molecule has 4 heteroatoms. The zero-order valence-corrected chi connectivity index (χ0v) is 11.7. The van der Waals surface area contributed by atoms with Gasteiger partial charge in [-0.15, -0.1) is 0 Å². The number of rotatable bonds is 2. The molecule has 2 aromatic heterocycles. The number of likely N-dealkylation sites (tertiary alicyclic amines) is 1. The quantitative estimate of drug-likeness (QED) is 0.900. The van der Waals surface area contributed by atoms with Crippen LogP contribution in [0.2, 0.25) is 0 Å². The van der Waals surface area contributed by atoms with Crippen LogP contribution in [0.15, 0.2) is 24.5 Å². The molecular formula is C15H22N4. The molecule has 1 saturated heterocycles. The second-order valence-corrected chi connectivity index (χ2v) is 5.76. The Balaban J connectivity index is 1.94. The number of piperidine rings is 1. The number of nitrogens with two attached hydrogens (primary N) is 1. The topological polar surface area (TPSA) is 46.6 Å². The Morgan fingerprint density at radius 3 is 3.05 bits per heavy atom. The molecule has 0 amide bonds. The van der Waals surface area contributed by atoms with Crippen LogP contribution in [-0.4, -0.2) is 33.4 Å². The van der Waals surface area contributed by atoms with E-state index < -0.39 is 0 Å². The molecule has 0 aromatic carbocycles. The van der Waals surface area contributed by atoms with E-state index in [2.05, 4.69) is 34.3 Å². The molecule has 102 valence electrons. The second-order valence-electron chi connectivity index (χ2n) is 5.76. The Morgan fingerprint density at radius 1 is 1.42 bits per heavy atom. The van der Waals surface area contributed by atoms with E-state index in [4.69, 9.17) is 5.73 Å². The lowest BCUT2D eigenvalue weighted by molar-refractivity contribution is 0.164. The summed E-state index contributed by atoms with van der Waals surface area (Å²) in [4.78, 5) is 7.17. The molecule has 0 spiro atoms. The number of aromatic nitrogens is 2. The van der Waals surface area contributed by atoms with Crippen LogP contribution >= 0.6 is 0 Å². The van der Waals surface area contributed by atoms with Crippen molar-refractivity contribution >= 4 is 11.2 Å². The van der Waals surface area contributed by atoms with Crippen molar-refractivity contribution in [3.05, 3.63) is 30.4 Å². The molecule has 1 unspecified atom stereocenters. The molecule has 1 aliphatic rings. The van der Waals surface area contributed by atoms with E-state index in [0.717, 1.165) is 23.6 Å². The van der Waals surface area contributed by atoms with Crippen molar-refractivity contribution in [3.63, 3.8) is 0 Å². The Kier molecular flexibility index (Phi) is 3.19. The standard InChI is InChI=1S/C15H22N4/c1-11(2)18-7-3-5-12(10-18)15-17-9-14-13(16)6-4-8-19(14)15/h4,6,8-9,11-12H,3,5,7,10,16H2,1-2H3. The van der Waals surface area contributed by atoms with Gasteiger partial charge in [0.1, 0.15) is 5.82 Å². The monoisotopic (exact) mass is 258 g/mol. The van der Waals surface area contributed by atoms with Crippen molar-refractivity contribution < 1.29 is 0 Å². The first-order valence-electron chi connectivity index (χ1n) is 7.12. The van der Waals surface area contributed by atoms with Crippen molar-refractivity contribution in [1.82, 2.24) is 14.3 Å². The first-order valence-corrected chi connectivity index (χ1v) is 7.12. The summed E-state index contributed by atoms with van der Waals surface area (Å²) in [5.74, 6) is 1.67. The van der Waals surface area contributed by atoms with Gasteiger partial charge in [-0.3, -0.25) is 0 Å². The Hall–Kier alpha value is -1.55. The zero-order valence-electron chi connectivity index (χ0n) is 11.7. The normalized spacial score (nSPS) is 21.3. The molecule has 19 heavy (non-hydrogen) atoms. The number of nitrogens with zero attached hydrogens (tertiary/aromatic N) is 3. The van der Waals surface area contributed by atoms with Crippen LogP contribution < -0.4 is 5.73 Å². The zero-order chi connectivity index (χ0) is 13.4. The molecule has 2 aromatic rings. The van der Waals surface area contributed by atoms with Crippen molar-refractivity contribution in [1.29, 1.82) is 0 Å². The van der Waals surface area contributed by atoms with E-state index >= 15 is 0 Å². The lowest BCUT2D eigenvalue weighted by atomic mass is 9.96. The first-order chi connectivity index (χ1) is 9.16. The summed E-state index contributed by atoms with van der Waals surface area (Å²) >= 11 is 0. The number of anilines is 1. The average molecular weight is 258 g/mol. The van der Waals surface area contributed by atoms with Crippen LogP contribution in [0.1, 0.15) is 38.4 Å². The molecule has 3 rings (SSSR count). The van der Waals surface area contributed by atoms with Gasteiger partial charge in [-0.05, 0) is 45.4 Å². The summed E-state index contributed by atoms with van der Waals surface area (Å²) in [5.41, 5.74) is 7.83. The molecule has 1 atom stereocenters. The van der Waals surface area contributed by atoms with Crippen LogP contribution in [0.5, 0.6) is 0 Å². The molecule has 4 nitrogen and oxygen atoms in total. The number of hydrogen-bond donors (Lipinski definition) is 1. The Labute approximate surface area is 114 Å². The predicted molar refractivity (Wildman–Crippen MR) is 78.3 cm³/mol. The average Bonchev–Trinajstić information content (AvgIpc) is 2.84. The van der Waals surface area contributed by atoms with Gasteiger partial charge in [0.25, 0.3) is 0 Å². The van der Waals surface area contributed by atoms with Gasteiger partial charge in [0.05, 0.1) is 17.4 Å². The van der Waals surface area contributed by atoms with Gasteiger partial charge in [0, 0.05) is 24.7 Å². The Bertz CT molecular complexity index is 573. The van der Waals surface area contributed by atoms with Crippen LogP contribution in [0.3, 0.4) is 0 Å². The van der Waals surface area contributed by atoms with Gasteiger partial charge in [0.15, 0.2) is 0 Å². The number of hydrogen-bond acceptors (Lipinski definition) is 3. The minimum Gasteiger partial charge on any atom is -0.397 e. The minimum absolute atomic E-state index is 0.514. The van der Waals surface area contributed by atoms with E-state index in [1.807, 2.05) is 18.3 Å². The summed E-state index contributed by atoms with van der Waals surface area (Å²) in [6.07, 6.45) is 6.44. The highest BCUT2D eigenvalue weighted by atomic mass is 15.2. The van der Waals surface area contributed by atoms with E-state index in [1.54, 1.807) is 0 Å². The number of fused-ring (bicyclic) bond motifs is 1. The third kappa shape index (κ3) is 2.21. The predicted octanol–water partition coefficient (Wildman–Crippen LogP) is 2.50. The fourth-order valence-corrected chi connectivity index (χ4v) is 3.05. The number of imidazole rings is 1. The molecular weight excluding hydrogens is 236 g/mol. The second kappa shape index (κ2) is 4.85. The molecule has 0 bridgehead atoms. The van der Waals surface area contributed by atoms with Gasteiger partial charge in [-0.1, -0.05) is 0 Å². The highest BCUT2D eigenvalue weighted by Crippen LogP contribution is 2.28. The fraction of sp³-hybridized carbons (Fsp3) is 0.533. The first kappa shape index (κ1) is 12.5. The molecule has 1 aliphatic heterocycles. The molecule has 3 heterocycles. The minimum atomic E-state index is 0.514. The van der Waals surface area contributed by atoms with Crippen LogP contribution in [0, 0.1) is 0 Å². The van der Waals surface area contributed by atoms with Gasteiger partial charge in [-0.25, -0.2) is 4.98 Å². The fourth-order valence-electron chi connectivity index (χ4n) is 3.05. The van der Waals surface area contributed by atoms with Crippen LogP contribution in [0.4, 0.5) is 5.69 Å². The van der Waals surface area contributed by atoms with Gasteiger partial charge in [-0.2, -0.15) is 0 Å². The Morgan fingerprint density at radius 2 is 2.26 bits per heavy atom. The summed E-state index contributed by atoms with van der Waals surface area (Å²) in [6.45, 7) is 6.85. The summed E-state index contributed by atoms with van der Waals surface area (Å²) < 4.78 is 2.16. The van der Waals surface area contributed by atoms with Crippen molar-refractivity contribution in [2.45, 2.75) is 38.6 Å². The van der Waals surface area contributed by atoms with Gasteiger partial charge in [0.2, 0.25) is 0 Å². The molecule has 0 aliphatic carbocycles. The van der Waals surface area contributed by atoms with E-state index in [1.165, 1.54) is 19.4 Å². The van der Waals surface area contributed by atoms with Gasteiger partial charge < -0.3 is 15.0 Å². The summed E-state index contributed by atoms with van der Waals surface area (Å²) in [5, 5.41) is 0. The van der Waals surface area contributed by atoms with Crippen LogP contribution in [-0.2, 0) is 0 Å². The van der Waals surface area contributed by atoms with E-state index in [9.17, 15) is 0 Å². The summed E-state index contributed by atoms with van der Waals surface area (Å²) in [6, 6.07) is 4.54. The van der Waals surface area contributed by atoms with E-state index in [0.29, 0.717) is 12.0 Å². The lowest BCUT2D eigenvalue weighted by Crippen LogP contribution is -2.39. The largest absolute Gasteiger partial charge is 0.397 e. The molecule has 2 N–H and O–H groups in total. The third-order valence-electron chi connectivity index (χ3n) is 4.18. The maximum atomic E-state index is 6.00.